The van der Waals surface area contributed by atoms with Gasteiger partial charge in [0.05, 0.1) is 12.6 Å². The first-order valence-corrected chi connectivity index (χ1v) is 6.86. The first-order valence-electron chi connectivity index (χ1n) is 6.86. The van der Waals surface area contributed by atoms with E-state index in [-0.39, 0.29) is 24.5 Å². The van der Waals surface area contributed by atoms with Gasteiger partial charge in [0.25, 0.3) is 0 Å². The minimum absolute atomic E-state index is 0.0195. The minimum atomic E-state index is -0.179. The van der Waals surface area contributed by atoms with Gasteiger partial charge in [0, 0.05) is 6.04 Å². The average molecular weight is 273 g/mol. The second-order valence-corrected chi connectivity index (χ2v) is 5.01. The molecule has 2 N–H and O–H groups in total. The lowest BCUT2D eigenvalue weighted by Gasteiger charge is -2.22. The molecular weight excluding hydrogens is 253 g/mol. The van der Waals surface area contributed by atoms with Crippen molar-refractivity contribution >= 4 is 0 Å². The summed E-state index contributed by atoms with van der Waals surface area (Å²) in [7, 11) is 0. The number of rotatable bonds is 6. The SMILES string of the molecule is CC(Cc1ccccc1F)N[C@@H](CO)c1ccccc1. The number of benzene rings is 2. The summed E-state index contributed by atoms with van der Waals surface area (Å²) in [5, 5.41) is 12.9. The first kappa shape index (κ1) is 14.7. The third kappa shape index (κ3) is 3.89. The van der Waals surface area contributed by atoms with Crippen LogP contribution < -0.4 is 5.32 Å². The van der Waals surface area contributed by atoms with Crippen molar-refractivity contribution in [3.63, 3.8) is 0 Å². The van der Waals surface area contributed by atoms with E-state index in [0.717, 1.165) is 5.56 Å². The molecule has 0 amide bonds. The highest BCUT2D eigenvalue weighted by atomic mass is 19.1. The predicted molar refractivity (Wildman–Crippen MR) is 79.0 cm³/mol. The fourth-order valence-corrected chi connectivity index (χ4v) is 2.34. The van der Waals surface area contributed by atoms with Gasteiger partial charge in [0.2, 0.25) is 0 Å². The molecule has 0 aliphatic carbocycles. The third-order valence-electron chi connectivity index (χ3n) is 3.35. The van der Waals surface area contributed by atoms with Gasteiger partial charge in [-0.15, -0.1) is 0 Å². The number of hydrogen-bond acceptors (Lipinski definition) is 2. The Hall–Kier alpha value is -1.71. The topological polar surface area (TPSA) is 32.3 Å². The molecule has 2 nitrogen and oxygen atoms in total. The number of nitrogens with one attached hydrogen (secondary N) is 1. The molecule has 20 heavy (non-hydrogen) atoms. The van der Waals surface area contributed by atoms with Crippen LogP contribution in [0.1, 0.15) is 24.1 Å². The molecule has 2 aromatic rings. The molecule has 0 saturated carbocycles. The fraction of sp³-hybridized carbons (Fsp3) is 0.294. The summed E-state index contributed by atoms with van der Waals surface area (Å²) >= 11 is 0. The van der Waals surface area contributed by atoms with Crippen molar-refractivity contribution in [1.82, 2.24) is 5.32 Å². The molecule has 2 atom stereocenters. The first-order chi connectivity index (χ1) is 9.70. The maximum atomic E-state index is 13.6. The quantitative estimate of drug-likeness (QED) is 0.847. The molecule has 0 heterocycles. The normalized spacial score (nSPS) is 13.9. The molecule has 1 unspecified atom stereocenters. The van der Waals surface area contributed by atoms with Crippen molar-refractivity contribution in [1.29, 1.82) is 0 Å². The van der Waals surface area contributed by atoms with E-state index in [0.29, 0.717) is 12.0 Å². The minimum Gasteiger partial charge on any atom is -0.394 e. The van der Waals surface area contributed by atoms with Crippen LogP contribution in [0.5, 0.6) is 0 Å². The third-order valence-corrected chi connectivity index (χ3v) is 3.35. The van der Waals surface area contributed by atoms with Crippen molar-refractivity contribution in [3.8, 4) is 0 Å². The maximum Gasteiger partial charge on any atom is 0.126 e. The van der Waals surface area contributed by atoms with Crippen LogP contribution in [0, 0.1) is 5.82 Å². The van der Waals surface area contributed by atoms with Crippen LogP contribution in [-0.4, -0.2) is 17.8 Å². The molecule has 2 rings (SSSR count). The van der Waals surface area contributed by atoms with Crippen LogP contribution in [0.15, 0.2) is 54.6 Å². The molecule has 106 valence electrons. The standard InChI is InChI=1S/C17H20FNO/c1-13(11-15-9-5-6-10-16(15)18)19-17(12-20)14-7-3-2-4-8-14/h2-10,13,17,19-20H,11-12H2,1H3/t13?,17-/m0/s1. The zero-order valence-electron chi connectivity index (χ0n) is 11.6. The Morgan fingerprint density at radius 3 is 2.35 bits per heavy atom. The van der Waals surface area contributed by atoms with E-state index in [1.165, 1.54) is 6.07 Å². The van der Waals surface area contributed by atoms with Gasteiger partial charge in [-0.2, -0.15) is 0 Å². The van der Waals surface area contributed by atoms with Crippen LogP contribution in [0.3, 0.4) is 0 Å². The zero-order valence-corrected chi connectivity index (χ0v) is 11.6. The molecule has 0 radical (unpaired) electrons. The Bertz CT molecular complexity index is 530. The van der Waals surface area contributed by atoms with Gasteiger partial charge in [-0.25, -0.2) is 4.39 Å². The van der Waals surface area contributed by atoms with Crippen molar-refractivity contribution in [3.05, 3.63) is 71.5 Å². The molecule has 0 aliphatic heterocycles. The van der Waals surface area contributed by atoms with Crippen LogP contribution in [0.2, 0.25) is 0 Å². The average Bonchev–Trinajstić information content (AvgIpc) is 2.48. The highest BCUT2D eigenvalue weighted by Gasteiger charge is 2.14. The Balaban J connectivity index is 2.00. The van der Waals surface area contributed by atoms with Crippen molar-refractivity contribution in [2.24, 2.45) is 0 Å². The number of hydrogen-bond donors (Lipinski definition) is 2. The van der Waals surface area contributed by atoms with E-state index < -0.39 is 0 Å². The summed E-state index contributed by atoms with van der Waals surface area (Å²) in [6, 6.07) is 16.5. The van der Waals surface area contributed by atoms with E-state index >= 15 is 0 Å². The highest BCUT2D eigenvalue weighted by molar-refractivity contribution is 5.20. The molecule has 0 aliphatic rings. The molecule has 0 fully saturated rings. The molecule has 0 spiro atoms. The maximum absolute atomic E-state index is 13.6. The van der Waals surface area contributed by atoms with E-state index in [2.05, 4.69) is 5.32 Å². The van der Waals surface area contributed by atoms with Gasteiger partial charge < -0.3 is 10.4 Å². The summed E-state index contributed by atoms with van der Waals surface area (Å²) in [6.45, 7) is 2.02. The fourth-order valence-electron chi connectivity index (χ4n) is 2.34. The van der Waals surface area contributed by atoms with Gasteiger partial charge in [0.1, 0.15) is 5.82 Å². The molecule has 3 heteroatoms. The molecule has 0 aromatic heterocycles. The Kier molecular flexibility index (Phi) is 5.27. The summed E-state index contributed by atoms with van der Waals surface area (Å²) in [6.07, 6.45) is 0.593. The largest absolute Gasteiger partial charge is 0.394 e. The summed E-state index contributed by atoms with van der Waals surface area (Å²) < 4.78 is 13.6. The van der Waals surface area contributed by atoms with Gasteiger partial charge in [-0.05, 0) is 30.5 Å². The lowest BCUT2D eigenvalue weighted by molar-refractivity contribution is 0.234. The van der Waals surface area contributed by atoms with E-state index in [4.69, 9.17) is 0 Å². The van der Waals surface area contributed by atoms with Crippen molar-refractivity contribution in [2.45, 2.75) is 25.4 Å². The summed E-state index contributed by atoms with van der Waals surface area (Å²) in [5.74, 6) is -0.179. The van der Waals surface area contributed by atoms with Crippen molar-refractivity contribution < 1.29 is 9.50 Å². The van der Waals surface area contributed by atoms with E-state index in [9.17, 15) is 9.50 Å². The Labute approximate surface area is 119 Å². The lowest BCUT2D eigenvalue weighted by atomic mass is 10.0. The molecule has 0 saturated heterocycles. The second-order valence-electron chi connectivity index (χ2n) is 5.01. The number of aliphatic hydroxyl groups is 1. The molecule has 2 aromatic carbocycles. The van der Waals surface area contributed by atoms with Crippen LogP contribution in [0.4, 0.5) is 4.39 Å². The van der Waals surface area contributed by atoms with Crippen LogP contribution >= 0.6 is 0 Å². The summed E-state index contributed by atoms with van der Waals surface area (Å²) in [5.41, 5.74) is 1.73. The molecular formula is C17H20FNO. The second kappa shape index (κ2) is 7.17. The number of halogens is 1. The monoisotopic (exact) mass is 273 g/mol. The Morgan fingerprint density at radius 1 is 1.05 bits per heavy atom. The van der Waals surface area contributed by atoms with E-state index in [1.54, 1.807) is 12.1 Å². The highest BCUT2D eigenvalue weighted by Crippen LogP contribution is 2.15. The molecule has 0 bridgehead atoms. The van der Waals surface area contributed by atoms with Crippen LogP contribution in [-0.2, 0) is 6.42 Å². The van der Waals surface area contributed by atoms with Crippen molar-refractivity contribution in [2.75, 3.05) is 6.61 Å². The Morgan fingerprint density at radius 2 is 1.70 bits per heavy atom. The zero-order chi connectivity index (χ0) is 14.4. The van der Waals surface area contributed by atoms with Gasteiger partial charge >= 0.3 is 0 Å². The van der Waals surface area contributed by atoms with Crippen LogP contribution in [0.25, 0.3) is 0 Å². The van der Waals surface area contributed by atoms with Gasteiger partial charge in [-0.1, -0.05) is 48.5 Å². The smallest absolute Gasteiger partial charge is 0.126 e. The van der Waals surface area contributed by atoms with E-state index in [1.807, 2.05) is 43.3 Å². The van der Waals surface area contributed by atoms with Gasteiger partial charge in [0.15, 0.2) is 0 Å². The predicted octanol–water partition coefficient (Wildman–Crippen LogP) is 3.08. The lowest BCUT2D eigenvalue weighted by Crippen LogP contribution is -2.34. The number of aliphatic hydroxyl groups excluding tert-OH is 1. The summed E-state index contributed by atoms with van der Waals surface area (Å²) in [4.78, 5) is 0. The van der Waals surface area contributed by atoms with Gasteiger partial charge in [-0.3, -0.25) is 0 Å².